The first kappa shape index (κ1) is 25.8. The summed E-state index contributed by atoms with van der Waals surface area (Å²) in [7, 11) is 3.11. The molecule has 37 heavy (non-hydrogen) atoms. The normalized spacial score (nSPS) is 10.7. The third-order valence-corrected chi connectivity index (χ3v) is 7.12. The van der Waals surface area contributed by atoms with Gasteiger partial charge in [0, 0.05) is 10.9 Å². The number of aromatic nitrogens is 1. The second-order valence-electron chi connectivity index (χ2n) is 8.13. The number of nitrogens with zero attached hydrogens (tertiary/aromatic N) is 1. The van der Waals surface area contributed by atoms with Gasteiger partial charge in [-0.05, 0) is 56.7 Å². The molecule has 4 rings (SSSR count). The van der Waals surface area contributed by atoms with Crippen LogP contribution < -0.4 is 14.8 Å². The lowest BCUT2D eigenvalue weighted by atomic mass is 10.0. The summed E-state index contributed by atoms with van der Waals surface area (Å²) in [6.07, 6.45) is 0. The average molecular weight is 519 g/mol. The molecule has 0 aliphatic carbocycles. The summed E-state index contributed by atoms with van der Waals surface area (Å²) in [5.41, 5.74) is 2.94. The number of pyridine rings is 1. The zero-order valence-electron chi connectivity index (χ0n) is 21.1. The van der Waals surface area contributed by atoms with Gasteiger partial charge in [0.15, 0.2) is 17.3 Å². The third kappa shape index (κ3) is 5.03. The van der Waals surface area contributed by atoms with Crippen LogP contribution in [0.3, 0.4) is 0 Å². The lowest BCUT2D eigenvalue weighted by Crippen LogP contribution is -2.15. The van der Waals surface area contributed by atoms with Crippen LogP contribution in [0.1, 0.15) is 49.8 Å². The van der Waals surface area contributed by atoms with E-state index in [1.807, 2.05) is 30.3 Å². The molecule has 4 aromatic rings. The van der Waals surface area contributed by atoms with Crippen LogP contribution in [-0.2, 0) is 4.74 Å². The van der Waals surface area contributed by atoms with Crippen LogP contribution in [0.2, 0.25) is 0 Å². The Morgan fingerprint density at radius 3 is 2.41 bits per heavy atom. The predicted octanol–water partition coefficient (Wildman–Crippen LogP) is 5.92. The molecule has 0 unspecified atom stereocenters. The van der Waals surface area contributed by atoms with Crippen molar-refractivity contribution < 1.29 is 28.6 Å². The molecule has 0 bridgehead atoms. The maximum absolute atomic E-state index is 13.6. The molecule has 2 aromatic carbocycles. The number of ether oxygens (including phenoxy) is 3. The Morgan fingerprint density at radius 1 is 1.00 bits per heavy atom. The van der Waals surface area contributed by atoms with Gasteiger partial charge in [0.1, 0.15) is 5.00 Å². The first-order chi connectivity index (χ1) is 17.8. The van der Waals surface area contributed by atoms with E-state index in [1.54, 1.807) is 46.3 Å². The van der Waals surface area contributed by atoms with Crippen LogP contribution in [0, 0.1) is 6.92 Å². The number of carbonyl (C=O) groups is 3. The van der Waals surface area contributed by atoms with Gasteiger partial charge in [-0.25, -0.2) is 9.78 Å². The van der Waals surface area contributed by atoms with Crippen LogP contribution in [0.25, 0.3) is 22.2 Å². The van der Waals surface area contributed by atoms with E-state index in [2.05, 4.69) is 5.32 Å². The number of hydrogen-bond acceptors (Lipinski definition) is 8. The van der Waals surface area contributed by atoms with Crippen LogP contribution >= 0.6 is 11.3 Å². The van der Waals surface area contributed by atoms with Crippen LogP contribution in [-0.4, -0.2) is 43.5 Å². The van der Waals surface area contributed by atoms with Crippen molar-refractivity contribution in [3.05, 3.63) is 70.1 Å². The van der Waals surface area contributed by atoms with E-state index in [0.717, 1.165) is 16.9 Å². The number of anilines is 1. The SMILES string of the molecule is CCOC(=O)c1c(NC(=O)c2cc(-c3ccc(OC)c(OC)c3)nc3ccccc23)sc(C(C)=O)c1C. The standard InChI is InChI=1S/C28H26N2O6S/c1-6-36-28(33)24-15(2)25(16(3)31)37-27(24)30-26(32)19-14-21(29-20-10-8-7-9-18(19)20)17-11-12-22(34-4)23(13-17)35-5/h7-14H,6H2,1-5H3,(H,30,32). The number of Topliss-reactive ketones (excluding diaryl/α,β-unsaturated/α-hetero) is 1. The highest BCUT2D eigenvalue weighted by Crippen LogP contribution is 2.36. The topological polar surface area (TPSA) is 104 Å². The number of methoxy groups -OCH3 is 2. The summed E-state index contributed by atoms with van der Waals surface area (Å²) in [6, 6.07) is 14.4. The maximum atomic E-state index is 13.6. The first-order valence-corrected chi connectivity index (χ1v) is 12.4. The quantitative estimate of drug-likeness (QED) is 0.228. The first-order valence-electron chi connectivity index (χ1n) is 11.5. The van der Waals surface area contributed by atoms with Crippen molar-refractivity contribution in [2.45, 2.75) is 20.8 Å². The van der Waals surface area contributed by atoms with Crippen molar-refractivity contribution in [1.82, 2.24) is 4.98 Å². The van der Waals surface area contributed by atoms with Gasteiger partial charge in [-0.2, -0.15) is 0 Å². The van der Waals surface area contributed by atoms with Crippen molar-refractivity contribution in [3.63, 3.8) is 0 Å². The molecule has 8 nitrogen and oxygen atoms in total. The highest BCUT2D eigenvalue weighted by atomic mass is 32.1. The second kappa shape index (κ2) is 10.8. The lowest BCUT2D eigenvalue weighted by Gasteiger charge is -2.13. The molecule has 1 N–H and O–H groups in total. The Hall–Kier alpha value is -4.24. The van der Waals surface area contributed by atoms with Crippen LogP contribution in [0.15, 0.2) is 48.5 Å². The van der Waals surface area contributed by atoms with Crippen molar-refractivity contribution in [2.75, 3.05) is 26.1 Å². The molecule has 0 aliphatic heterocycles. The minimum Gasteiger partial charge on any atom is -0.493 e. The molecular formula is C28H26N2O6S. The average Bonchev–Trinajstić information content (AvgIpc) is 3.23. The zero-order chi connectivity index (χ0) is 26.7. The molecule has 2 heterocycles. The molecular weight excluding hydrogens is 492 g/mol. The van der Waals surface area contributed by atoms with Gasteiger partial charge < -0.3 is 19.5 Å². The van der Waals surface area contributed by atoms with Gasteiger partial charge in [0.25, 0.3) is 5.91 Å². The molecule has 0 saturated heterocycles. The highest BCUT2D eigenvalue weighted by Gasteiger charge is 2.26. The highest BCUT2D eigenvalue weighted by molar-refractivity contribution is 7.18. The van der Waals surface area contributed by atoms with E-state index < -0.39 is 11.9 Å². The fourth-order valence-corrected chi connectivity index (χ4v) is 5.15. The molecule has 9 heteroatoms. The second-order valence-corrected chi connectivity index (χ2v) is 9.15. The molecule has 0 aliphatic rings. The summed E-state index contributed by atoms with van der Waals surface area (Å²) in [6.45, 7) is 4.96. The van der Waals surface area contributed by atoms with Crippen molar-refractivity contribution >= 4 is 44.9 Å². The van der Waals surface area contributed by atoms with Crippen molar-refractivity contribution in [3.8, 4) is 22.8 Å². The zero-order valence-corrected chi connectivity index (χ0v) is 21.9. The summed E-state index contributed by atoms with van der Waals surface area (Å²) < 4.78 is 16.0. The minimum atomic E-state index is -0.593. The number of carbonyl (C=O) groups excluding carboxylic acids is 3. The Labute approximate surface area is 218 Å². The molecule has 0 atom stereocenters. The number of benzene rings is 2. The number of thiophene rings is 1. The fourth-order valence-electron chi connectivity index (χ4n) is 4.06. The van der Waals surface area contributed by atoms with E-state index in [9.17, 15) is 14.4 Å². The van der Waals surface area contributed by atoms with Gasteiger partial charge >= 0.3 is 5.97 Å². The number of fused-ring (bicyclic) bond motifs is 1. The van der Waals surface area contributed by atoms with Crippen LogP contribution in [0.5, 0.6) is 11.5 Å². The van der Waals surface area contributed by atoms with E-state index in [1.165, 1.54) is 6.92 Å². The van der Waals surface area contributed by atoms with Crippen LogP contribution in [0.4, 0.5) is 5.00 Å². The summed E-state index contributed by atoms with van der Waals surface area (Å²) in [5, 5.41) is 3.75. The Balaban J connectivity index is 1.82. The van der Waals surface area contributed by atoms with E-state index in [-0.39, 0.29) is 23.0 Å². The number of ketones is 1. The predicted molar refractivity (Wildman–Crippen MR) is 143 cm³/mol. The summed E-state index contributed by atoms with van der Waals surface area (Å²) >= 11 is 1.06. The lowest BCUT2D eigenvalue weighted by molar-refractivity contribution is 0.0527. The van der Waals surface area contributed by atoms with Gasteiger partial charge in [0.05, 0.1) is 48.0 Å². The molecule has 190 valence electrons. The monoisotopic (exact) mass is 518 g/mol. The number of nitrogens with one attached hydrogen (secondary N) is 1. The maximum Gasteiger partial charge on any atom is 0.341 e. The number of hydrogen-bond donors (Lipinski definition) is 1. The Bertz CT molecular complexity index is 1520. The number of amides is 1. The van der Waals surface area contributed by atoms with Crippen molar-refractivity contribution in [2.24, 2.45) is 0 Å². The van der Waals surface area contributed by atoms with E-state index >= 15 is 0 Å². The largest absolute Gasteiger partial charge is 0.493 e. The molecule has 0 fully saturated rings. The molecule has 0 spiro atoms. The molecule has 0 saturated carbocycles. The van der Waals surface area contributed by atoms with Gasteiger partial charge in [-0.15, -0.1) is 11.3 Å². The molecule has 2 aromatic heterocycles. The van der Waals surface area contributed by atoms with Crippen molar-refractivity contribution in [1.29, 1.82) is 0 Å². The van der Waals surface area contributed by atoms with E-state index in [4.69, 9.17) is 19.2 Å². The minimum absolute atomic E-state index is 0.167. The summed E-state index contributed by atoms with van der Waals surface area (Å²) in [5.74, 6) is -0.123. The van der Waals surface area contributed by atoms with Gasteiger partial charge in [0.2, 0.25) is 0 Å². The number of esters is 1. The third-order valence-electron chi connectivity index (χ3n) is 5.81. The smallest absolute Gasteiger partial charge is 0.341 e. The number of rotatable bonds is 8. The van der Waals surface area contributed by atoms with Gasteiger partial charge in [-0.1, -0.05) is 18.2 Å². The summed E-state index contributed by atoms with van der Waals surface area (Å²) in [4.78, 5) is 43.6. The Kier molecular flexibility index (Phi) is 7.54. The number of para-hydroxylation sites is 1. The van der Waals surface area contributed by atoms with Gasteiger partial charge in [-0.3, -0.25) is 9.59 Å². The molecule has 0 radical (unpaired) electrons. The Morgan fingerprint density at radius 2 is 1.73 bits per heavy atom. The van der Waals surface area contributed by atoms with E-state index in [0.29, 0.717) is 44.1 Å². The molecule has 1 amide bonds. The fraction of sp³-hybridized carbons (Fsp3) is 0.214.